The molecule has 0 aromatic heterocycles. The van der Waals surface area contributed by atoms with Gasteiger partial charge < -0.3 is 10.2 Å². The molecule has 1 fully saturated rings. The van der Waals surface area contributed by atoms with Crippen LogP contribution >= 0.6 is 0 Å². The van der Waals surface area contributed by atoms with E-state index in [9.17, 15) is 9.18 Å². The Bertz CT molecular complexity index is 498. The lowest BCUT2D eigenvalue weighted by Crippen LogP contribution is -2.49. The fourth-order valence-corrected chi connectivity index (χ4v) is 2.68. The number of halogens is 1. The average molecular weight is 293 g/mol. The molecule has 0 bridgehead atoms. The number of rotatable bonds is 5. The molecular weight excluding hydrogens is 269 g/mol. The number of benzene rings is 1. The summed E-state index contributed by atoms with van der Waals surface area (Å²) >= 11 is 0. The lowest BCUT2D eigenvalue weighted by atomic mass is 10.1. The number of hydrogen-bond donors (Lipinski definition) is 1. The van der Waals surface area contributed by atoms with E-state index in [-0.39, 0.29) is 11.3 Å². The molecule has 1 aliphatic heterocycles. The second-order valence-electron chi connectivity index (χ2n) is 5.79. The highest BCUT2D eigenvalue weighted by molar-refractivity contribution is 5.99. The predicted octanol–water partition coefficient (Wildman–Crippen LogP) is 2.08. The molecule has 1 aliphatic rings. The normalized spacial score (nSPS) is 18.5. The third kappa shape index (κ3) is 4.02. The van der Waals surface area contributed by atoms with Gasteiger partial charge in [0.1, 0.15) is 5.82 Å². The molecule has 5 heteroatoms. The van der Waals surface area contributed by atoms with Crippen molar-refractivity contribution in [1.29, 1.82) is 0 Å². The maximum Gasteiger partial charge on any atom is 0.164 e. The van der Waals surface area contributed by atoms with Crippen molar-refractivity contribution in [3.05, 3.63) is 29.6 Å². The summed E-state index contributed by atoms with van der Waals surface area (Å²) < 4.78 is 13.7. The largest absolute Gasteiger partial charge is 0.383 e. The molecule has 1 saturated heterocycles. The smallest absolute Gasteiger partial charge is 0.164 e. The van der Waals surface area contributed by atoms with Gasteiger partial charge in [0.25, 0.3) is 0 Å². The summed E-state index contributed by atoms with van der Waals surface area (Å²) in [6, 6.07) is 5.06. The third-order valence-corrected chi connectivity index (χ3v) is 4.11. The number of likely N-dealkylation sites (N-methyl/N-ethyl adjacent to an activating group) is 1. The number of carbonyl (C=O) groups excluding carboxylic acids is 1. The number of ketones is 1. The molecule has 1 N–H and O–H groups in total. The topological polar surface area (TPSA) is 35.6 Å². The lowest BCUT2D eigenvalue weighted by molar-refractivity contribution is 0.101. The number of Topliss-reactive ketones (excluding diaryl/α,β-unsaturated/α-hetero) is 1. The Labute approximate surface area is 125 Å². The van der Waals surface area contributed by atoms with Gasteiger partial charge >= 0.3 is 0 Å². The molecule has 0 spiro atoms. The van der Waals surface area contributed by atoms with Crippen LogP contribution in [-0.2, 0) is 0 Å². The molecule has 1 heterocycles. The summed E-state index contributed by atoms with van der Waals surface area (Å²) in [5.41, 5.74) is 0.742. The van der Waals surface area contributed by atoms with Gasteiger partial charge in [-0.2, -0.15) is 0 Å². The summed E-state index contributed by atoms with van der Waals surface area (Å²) in [7, 11) is 2.13. The van der Waals surface area contributed by atoms with Gasteiger partial charge in [0.2, 0.25) is 0 Å². The standard InChI is InChI=1S/C16H24FN3O/c1-12(20-9-7-19(3)8-10-20)11-18-15-6-4-5-14(17)16(15)13(2)21/h4-6,12,18H,7-11H2,1-3H3. The van der Waals surface area contributed by atoms with Gasteiger partial charge in [0.05, 0.1) is 5.56 Å². The molecule has 0 radical (unpaired) electrons. The van der Waals surface area contributed by atoms with Crippen molar-refractivity contribution in [2.45, 2.75) is 19.9 Å². The first kappa shape index (κ1) is 15.9. The van der Waals surface area contributed by atoms with Crippen LogP contribution in [0.1, 0.15) is 24.2 Å². The van der Waals surface area contributed by atoms with Gasteiger partial charge in [-0.3, -0.25) is 9.69 Å². The fraction of sp³-hybridized carbons (Fsp3) is 0.562. The van der Waals surface area contributed by atoms with E-state index in [0.29, 0.717) is 18.3 Å². The van der Waals surface area contributed by atoms with Crippen LogP contribution in [0.3, 0.4) is 0 Å². The molecule has 0 amide bonds. The Morgan fingerprint density at radius 1 is 1.33 bits per heavy atom. The van der Waals surface area contributed by atoms with Gasteiger partial charge in [0, 0.05) is 44.5 Å². The van der Waals surface area contributed by atoms with Crippen molar-refractivity contribution in [2.75, 3.05) is 45.1 Å². The zero-order valence-corrected chi connectivity index (χ0v) is 13.0. The van der Waals surface area contributed by atoms with Crippen LogP contribution in [0.5, 0.6) is 0 Å². The Morgan fingerprint density at radius 2 is 2.00 bits per heavy atom. The second kappa shape index (κ2) is 7.00. The minimum absolute atomic E-state index is 0.156. The van der Waals surface area contributed by atoms with Gasteiger partial charge in [-0.1, -0.05) is 6.07 Å². The Balaban J connectivity index is 1.97. The molecule has 4 nitrogen and oxygen atoms in total. The maximum absolute atomic E-state index is 13.7. The molecule has 2 rings (SSSR count). The third-order valence-electron chi connectivity index (χ3n) is 4.11. The molecule has 1 aromatic carbocycles. The molecule has 0 aliphatic carbocycles. The van der Waals surface area contributed by atoms with Crippen molar-refractivity contribution in [3.63, 3.8) is 0 Å². The zero-order valence-electron chi connectivity index (χ0n) is 13.0. The highest BCUT2D eigenvalue weighted by Crippen LogP contribution is 2.20. The van der Waals surface area contributed by atoms with Crippen LogP contribution in [0.25, 0.3) is 0 Å². The lowest BCUT2D eigenvalue weighted by Gasteiger charge is -2.36. The average Bonchev–Trinajstić information content (AvgIpc) is 2.45. The van der Waals surface area contributed by atoms with Gasteiger partial charge in [-0.15, -0.1) is 0 Å². The minimum atomic E-state index is -0.459. The van der Waals surface area contributed by atoms with Crippen molar-refractivity contribution in [3.8, 4) is 0 Å². The molecule has 0 saturated carbocycles. The van der Waals surface area contributed by atoms with Gasteiger partial charge in [-0.25, -0.2) is 4.39 Å². The van der Waals surface area contributed by atoms with E-state index in [1.54, 1.807) is 12.1 Å². The molecule has 116 valence electrons. The van der Waals surface area contributed by atoms with Crippen molar-refractivity contribution < 1.29 is 9.18 Å². The number of nitrogens with zero attached hydrogens (tertiary/aromatic N) is 2. The summed E-state index contributed by atoms with van der Waals surface area (Å²) in [5.74, 6) is -0.706. The zero-order chi connectivity index (χ0) is 15.4. The van der Waals surface area contributed by atoms with Crippen LogP contribution in [0.15, 0.2) is 18.2 Å². The van der Waals surface area contributed by atoms with Crippen LogP contribution in [0.2, 0.25) is 0 Å². The fourth-order valence-electron chi connectivity index (χ4n) is 2.68. The first-order valence-electron chi connectivity index (χ1n) is 7.45. The maximum atomic E-state index is 13.7. The van der Waals surface area contributed by atoms with Crippen LogP contribution in [0.4, 0.5) is 10.1 Å². The van der Waals surface area contributed by atoms with Gasteiger partial charge in [-0.05, 0) is 33.0 Å². The quantitative estimate of drug-likeness (QED) is 0.843. The number of hydrogen-bond acceptors (Lipinski definition) is 4. The van der Waals surface area contributed by atoms with E-state index in [4.69, 9.17) is 0 Å². The first-order chi connectivity index (χ1) is 9.99. The van der Waals surface area contributed by atoms with Crippen molar-refractivity contribution in [1.82, 2.24) is 9.80 Å². The van der Waals surface area contributed by atoms with E-state index >= 15 is 0 Å². The van der Waals surface area contributed by atoms with Crippen molar-refractivity contribution >= 4 is 11.5 Å². The Hall–Kier alpha value is -1.46. The monoisotopic (exact) mass is 293 g/mol. The van der Waals surface area contributed by atoms with E-state index in [1.165, 1.54) is 13.0 Å². The summed E-state index contributed by atoms with van der Waals surface area (Å²) in [6.45, 7) is 8.49. The first-order valence-corrected chi connectivity index (χ1v) is 7.45. The number of nitrogens with one attached hydrogen (secondary N) is 1. The summed E-state index contributed by atoms with van der Waals surface area (Å²) in [6.07, 6.45) is 0. The highest BCUT2D eigenvalue weighted by atomic mass is 19.1. The minimum Gasteiger partial charge on any atom is -0.383 e. The van der Waals surface area contributed by atoms with E-state index in [2.05, 4.69) is 29.1 Å². The SMILES string of the molecule is CC(=O)c1c(F)cccc1NCC(C)N1CCN(C)CC1. The molecule has 21 heavy (non-hydrogen) atoms. The molecule has 1 unspecified atom stereocenters. The van der Waals surface area contributed by atoms with E-state index < -0.39 is 5.82 Å². The van der Waals surface area contributed by atoms with Crippen molar-refractivity contribution in [2.24, 2.45) is 0 Å². The van der Waals surface area contributed by atoms with Crippen LogP contribution < -0.4 is 5.32 Å². The Morgan fingerprint density at radius 3 is 2.62 bits per heavy atom. The van der Waals surface area contributed by atoms with Gasteiger partial charge in [0.15, 0.2) is 5.78 Å². The number of anilines is 1. The van der Waals surface area contributed by atoms with E-state index in [0.717, 1.165) is 26.2 Å². The Kier molecular flexibility index (Phi) is 5.31. The molecular formula is C16H24FN3O. The molecule has 1 aromatic rings. The number of piperazine rings is 1. The van der Waals surface area contributed by atoms with Crippen LogP contribution in [0, 0.1) is 5.82 Å². The second-order valence-corrected chi connectivity index (χ2v) is 5.79. The van der Waals surface area contributed by atoms with E-state index in [1.807, 2.05) is 0 Å². The molecule has 1 atom stereocenters. The summed E-state index contributed by atoms with van der Waals surface area (Å²) in [4.78, 5) is 16.3. The predicted molar refractivity (Wildman–Crippen MR) is 83.4 cm³/mol. The highest BCUT2D eigenvalue weighted by Gasteiger charge is 2.19. The van der Waals surface area contributed by atoms with Crippen LogP contribution in [-0.4, -0.2) is 61.4 Å². The number of carbonyl (C=O) groups is 1. The summed E-state index contributed by atoms with van der Waals surface area (Å²) in [5, 5.41) is 3.23.